The van der Waals surface area contributed by atoms with Crippen molar-refractivity contribution in [3.63, 3.8) is 0 Å². The van der Waals surface area contributed by atoms with Crippen LogP contribution in [0.25, 0.3) is 5.57 Å². The zero-order chi connectivity index (χ0) is 24.3. The summed E-state index contributed by atoms with van der Waals surface area (Å²) >= 11 is 6.25. The molecular formula is C24H30ClN3O5. The normalized spacial score (nSPS) is 22.6. The molecule has 0 radical (unpaired) electrons. The van der Waals surface area contributed by atoms with Gasteiger partial charge >= 0.3 is 6.03 Å². The molecule has 0 unspecified atom stereocenters. The van der Waals surface area contributed by atoms with Crippen molar-refractivity contribution in [1.29, 1.82) is 0 Å². The summed E-state index contributed by atoms with van der Waals surface area (Å²) < 4.78 is 5.43. The first-order chi connectivity index (χ1) is 15.5. The molecule has 1 aliphatic rings. The summed E-state index contributed by atoms with van der Waals surface area (Å²) in [6.45, 7) is 9.27. The van der Waals surface area contributed by atoms with Gasteiger partial charge in [-0.05, 0) is 56.2 Å². The van der Waals surface area contributed by atoms with Crippen molar-refractivity contribution in [1.82, 2.24) is 5.32 Å². The number of nitrogens with one attached hydrogen (secondary N) is 3. The molecule has 8 nitrogen and oxygen atoms in total. The van der Waals surface area contributed by atoms with Crippen LogP contribution in [-0.4, -0.2) is 52.5 Å². The Morgan fingerprint density at radius 1 is 1.18 bits per heavy atom. The van der Waals surface area contributed by atoms with Gasteiger partial charge in [0.05, 0.1) is 22.9 Å². The average molecular weight is 476 g/mol. The minimum Gasteiger partial charge on any atom is -0.394 e. The Bertz CT molecular complexity index is 1030. The molecule has 2 aromatic rings. The molecule has 0 aromatic heterocycles. The zero-order valence-electron chi connectivity index (χ0n) is 18.8. The Morgan fingerprint density at radius 3 is 2.55 bits per heavy atom. The SMILES string of the molecule is C=C(C)c1cccc(C(C)(C)NC(=O)Nc2ccc(Cl)c(N[C@@H]3O[C@H](CO)[C@H](O)[C@H]3O)c2)c1. The lowest BCUT2D eigenvalue weighted by Gasteiger charge is -2.27. The Hall–Kier alpha value is -2.62. The predicted molar refractivity (Wildman–Crippen MR) is 129 cm³/mol. The second-order valence-electron chi connectivity index (χ2n) is 8.66. The molecule has 1 heterocycles. The molecule has 0 bridgehead atoms. The summed E-state index contributed by atoms with van der Waals surface area (Å²) in [6.07, 6.45) is -4.37. The third kappa shape index (κ3) is 5.85. The average Bonchev–Trinajstić information content (AvgIpc) is 3.03. The number of halogens is 1. The summed E-state index contributed by atoms with van der Waals surface area (Å²) in [5.74, 6) is 0. The van der Waals surface area contributed by atoms with Crippen molar-refractivity contribution in [3.8, 4) is 0 Å². The number of anilines is 2. The van der Waals surface area contributed by atoms with Gasteiger partial charge in [-0.25, -0.2) is 4.79 Å². The molecule has 33 heavy (non-hydrogen) atoms. The number of hydrogen-bond donors (Lipinski definition) is 6. The number of allylic oxidation sites excluding steroid dienone is 1. The number of hydrogen-bond acceptors (Lipinski definition) is 6. The Morgan fingerprint density at radius 2 is 1.91 bits per heavy atom. The lowest BCUT2D eigenvalue weighted by Crippen LogP contribution is -2.43. The smallest absolute Gasteiger partial charge is 0.319 e. The lowest BCUT2D eigenvalue weighted by atomic mass is 9.92. The van der Waals surface area contributed by atoms with E-state index in [4.69, 9.17) is 16.3 Å². The van der Waals surface area contributed by atoms with E-state index in [1.165, 1.54) is 0 Å². The van der Waals surface area contributed by atoms with Crippen molar-refractivity contribution < 1.29 is 24.9 Å². The summed E-state index contributed by atoms with van der Waals surface area (Å²) in [4.78, 5) is 12.7. The predicted octanol–water partition coefficient (Wildman–Crippen LogP) is 3.28. The Balaban J connectivity index is 1.69. The number of ether oxygens (including phenoxy) is 1. The number of rotatable bonds is 7. The molecule has 0 aliphatic carbocycles. The van der Waals surface area contributed by atoms with E-state index in [0.717, 1.165) is 16.7 Å². The van der Waals surface area contributed by atoms with Gasteiger partial charge in [-0.2, -0.15) is 0 Å². The number of carbonyl (C=O) groups excluding carboxylic acids is 1. The van der Waals surface area contributed by atoms with Crippen LogP contribution in [0.5, 0.6) is 0 Å². The van der Waals surface area contributed by atoms with Crippen LogP contribution in [0, 0.1) is 0 Å². The molecular weight excluding hydrogens is 446 g/mol. The van der Waals surface area contributed by atoms with Crippen LogP contribution >= 0.6 is 11.6 Å². The Labute approximate surface area is 198 Å². The van der Waals surface area contributed by atoms with E-state index < -0.39 is 42.7 Å². The topological polar surface area (TPSA) is 123 Å². The van der Waals surface area contributed by atoms with Crippen molar-refractivity contribution in [3.05, 3.63) is 65.2 Å². The first-order valence-corrected chi connectivity index (χ1v) is 10.9. The van der Waals surface area contributed by atoms with Gasteiger partial charge in [0.1, 0.15) is 18.3 Å². The summed E-state index contributed by atoms with van der Waals surface area (Å²) in [6, 6.07) is 12.2. The minimum atomic E-state index is -1.26. The third-order valence-corrected chi connectivity index (χ3v) is 5.90. The largest absolute Gasteiger partial charge is 0.394 e. The molecule has 0 saturated carbocycles. The summed E-state index contributed by atoms with van der Waals surface area (Å²) in [7, 11) is 0. The lowest BCUT2D eigenvalue weighted by molar-refractivity contribution is -0.0153. The zero-order valence-corrected chi connectivity index (χ0v) is 19.6. The van der Waals surface area contributed by atoms with Crippen molar-refractivity contribution in [2.24, 2.45) is 0 Å². The van der Waals surface area contributed by atoms with Crippen LogP contribution < -0.4 is 16.0 Å². The molecule has 4 atom stereocenters. The number of urea groups is 1. The maximum Gasteiger partial charge on any atom is 0.319 e. The maximum absolute atomic E-state index is 12.7. The number of aliphatic hydroxyl groups is 3. The van der Waals surface area contributed by atoms with E-state index in [9.17, 15) is 20.1 Å². The molecule has 9 heteroatoms. The fourth-order valence-electron chi connectivity index (χ4n) is 3.58. The van der Waals surface area contributed by atoms with E-state index in [2.05, 4.69) is 22.5 Å². The molecule has 6 N–H and O–H groups in total. The fraction of sp³-hybridized carbons (Fsp3) is 0.375. The standard InChI is InChI=1S/C24H30ClN3O5/c1-13(2)14-6-5-7-15(10-14)24(3,4)28-23(32)26-16-8-9-17(25)18(11-16)27-22-21(31)20(30)19(12-29)33-22/h5-11,19-22,27,29-31H,1,12H2,2-4H3,(H2,26,28,32)/t19-,20+,21-,22-/m1/s1. The highest BCUT2D eigenvalue weighted by atomic mass is 35.5. The second-order valence-corrected chi connectivity index (χ2v) is 9.07. The van der Waals surface area contributed by atoms with Gasteiger partial charge in [0.2, 0.25) is 0 Å². The molecule has 0 spiro atoms. The van der Waals surface area contributed by atoms with Gasteiger partial charge in [0.25, 0.3) is 0 Å². The molecule has 3 rings (SSSR count). The minimum absolute atomic E-state index is 0.329. The second kappa shape index (κ2) is 10.1. The van der Waals surface area contributed by atoms with Crippen LogP contribution in [-0.2, 0) is 10.3 Å². The highest BCUT2D eigenvalue weighted by Gasteiger charge is 2.42. The molecule has 1 saturated heterocycles. The number of aliphatic hydroxyl groups excluding tert-OH is 3. The highest BCUT2D eigenvalue weighted by molar-refractivity contribution is 6.33. The molecule has 178 valence electrons. The van der Waals surface area contributed by atoms with Gasteiger partial charge in [0.15, 0.2) is 6.23 Å². The first kappa shape index (κ1) is 25.0. The molecule has 2 aromatic carbocycles. The monoisotopic (exact) mass is 475 g/mol. The van der Waals surface area contributed by atoms with Crippen molar-refractivity contribution in [2.45, 2.75) is 50.8 Å². The maximum atomic E-state index is 12.7. The number of carbonyl (C=O) groups is 1. The van der Waals surface area contributed by atoms with Gasteiger partial charge in [-0.1, -0.05) is 42.0 Å². The van der Waals surface area contributed by atoms with Crippen molar-refractivity contribution >= 4 is 34.6 Å². The van der Waals surface area contributed by atoms with Gasteiger partial charge < -0.3 is 36.0 Å². The van der Waals surface area contributed by atoms with Crippen LogP contribution in [0.2, 0.25) is 5.02 Å². The molecule has 1 aliphatic heterocycles. The van der Waals surface area contributed by atoms with Crippen LogP contribution in [0.3, 0.4) is 0 Å². The fourth-order valence-corrected chi connectivity index (χ4v) is 3.75. The van der Waals surface area contributed by atoms with E-state index in [1.807, 2.05) is 45.0 Å². The molecule has 2 amide bonds. The highest BCUT2D eigenvalue weighted by Crippen LogP contribution is 2.30. The van der Waals surface area contributed by atoms with E-state index >= 15 is 0 Å². The van der Waals surface area contributed by atoms with E-state index in [1.54, 1.807) is 18.2 Å². The quantitative estimate of drug-likeness (QED) is 0.365. The van der Waals surface area contributed by atoms with Gasteiger partial charge in [-0.3, -0.25) is 0 Å². The first-order valence-electron chi connectivity index (χ1n) is 10.6. The van der Waals surface area contributed by atoms with Crippen LogP contribution in [0.4, 0.5) is 16.2 Å². The van der Waals surface area contributed by atoms with Crippen molar-refractivity contribution in [2.75, 3.05) is 17.2 Å². The Kier molecular flexibility index (Phi) is 7.66. The summed E-state index contributed by atoms with van der Waals surface area (Å²) in [5.41, 5.74) is 3.06. The van der Waals surface area contributed by atoms with Gasteiger partial charge in [-0.15, -0.1) is 0 Å². The number of benzene rings is 2. The van der Waals surface area contributed by atoms with Gasteiger partial charge in [0, 0.05) is 5.69 Å². The third-order valence-electron chi connectivity index (χ3n) is 5.57. The van der Waals surface area contributed by atoms with Crippen LogP contribution in [0.1, 0.15) is 31.9 Å². The van der Waals surface area contributed by atoms with E-state index in [-0.39, 0.29) is 0 Å². The molecule has 1 fully saturated rings. The van der Waals surface area contributed by atoms with Crippen LogP contribution in [0.15, 0.2) is 49.0 Å². The number of amides is 2. The van der Waals surface area contributed by atoms with E-state index in [0.29, 0.717) is 16.4 Å². The summed E-state index contributed by atoms with van der Waals surface area (Å²) in [5, 5.41) is 38.3.